The van der Waals surface area contributed by atoms with Gasteiger partial charge in [0.05, 0.1) is 12.7 Å². The molecule has 2 aliphatic heterocycles. The molecular weight excluding hydrogens is 420 g/mol. The van der Waals surface area contributed by atoms with Gasteiger partial charge in [0.2, 0.25) is 5.91 Å². The second-order valence-corrected chi connectivity index (χ2v) is 9.35. The van der Waals surface area contributed by atoms with Crippen LogP contribution in [0.25, 0.3) is 4.85 Å². The van der Waals surface area contributed by atoms with Crippen molar-refractivity contribution in [3.05, 3.63) is 59.5 Å². The summed E-state index contributed by atoms with van der Waals surface area (Å²) < 4.78 is 1.68. The van der Waals surface area contributed by atoms with Crippen molar-refractivity contribution in [3.63, 3.8) is 0 Å². The number of fused-ring (bicyclic) bond motifs is 2. The summed E-state index contributed by atoms with van der Waals surface area (Å²) in [7, 11) is 3.37. The fraction of sp³-hybridized carbons (Fsp3) is 0.458. The van der Waals surface area contributed by atoms with Gasteiger partial charge in [-0.05, 0) is 24.0 Å². The predicted molar refractivity (Wildman–Crippen MR) is 122 cm³/mol. The van der Waals surface area contributed by atoms with Crippen LogP contribution in [0.1, 0.15) is 42.7 Å². The Hall–Kier alpha value is -3.67. The lowest BCUT2D eigenvalue weighted by Gasteiger charge is -2.32. The van der Waals surface area contributed by atoms with Gasteiger partial charge in [0.1, 0.15) is 17.2 Å². The topological polar surface area (TPSA) is 91.9 Å². The normalized spacial score (nSPS) is 22.2. The van der Waals surface area contributed by atoms with Gasteiger partial charge in [-0.2, -0.15) is 0 Å². The Kier molecular flexibility index (Phi) is 5.70. The first-order valence-corrected chi connectivity index (χ1v) is 11.0. The third kappa shape index (κ3) is 3.75. The van der Waals surface area contributed by atoms with E-state index in [0.717, 1.165) is 11.3 Å². The maximum absolute atomic E-state index is 13.8. The molecule has 3 amide bonds. The van der Waals surface area contributed by atoms with E-state index in [0.29, 0.717) is 6.42 Å². The highest BCUT2D eigenvalue weighted by molar-refractivity contribution is 6.07. The van der Waals surface area contributed by atoms with Gasteiger partial charge in [0.15, 0.2) is 0 Å². The second-order valence-electron chi connectivity index (χ2n) is 9.35. The van der Waals surface area contributed by atoms with Crippen LogP contribution in [0.15, 0.2) is 36.8 Å². The van der Waals surface area contributed by atoms with Crippen molar-refractivity contribution in [2.75, 3.05) is 18.9 Å². The van der Waals surface area contributed by atoms with Crippen LogP contribution in [-0.2, 0) is 22.1 Å². The van der Waals surface area contributed by atoms with Crippen LogP contribution in [-0.4, -0.2) is 62.9 Å². The van der Waals surface area contributed by atoms with Crippen LogP contribution >= 0.6 is 0 Å². The molecule has 1 N–H and O–H groups in total. The standard InChI is InChI=1S/C24H28N6O3/c1-15(2)10-19(29(5)21(31)18-12-28(4)14-26-18)22(32)30-13-24(11-20(30)25-3)16-8-6-7-9-17(16)27-23(24)33/h6-9,12,14-15,19-20H,10-11,13H2,1-2,4-5H3,(H,27,33)/t19-,20-,24-/m0/s1. The first-order chi connectivity index (χ1) is 15.7. The molecule has 1 aromatic heterocycles. The molecule has 0 unspecified atom stereocenters. The molecule has 0 saturated carbocycles. The number of aromatic nitrogens is 2. The van der Waals surface area contributed by atoms with Crippen molar-refractivity contribution in [1.29, 1.82) is 0 Å². The van der Waals surface area contributed by atoms with E-state index in [-0.39, 0.29) is 42.3 Å². The highest BCUT2D eigenvalue weighted by Gasteiger charge is 2.59. The number of aryl methyl sites for hydroxylation is 1. The summed E-state index contributed by atoms with van der Waals surface area (Å²) in [5.74, 6) is -0.722. The number of rotatable bonds is 5. The van der Waals surface area contributed by atoms with Crippen LogP contribution in [0, 0.1) is 12.5 Å². The van der Waals surface area contributed by atoms with E-state index >= 15 is 0 Å². The Balaban J connectivity index is 1.65. The van der Waals surface area contributed by atoms with Gasteiger partial charge in [-0.3, -0.25) is 24.1 Å². The first kappa shape index (κ1) is 22.5. The fourth-order valence-electron chi connectivity index (χ4n) is 4.86. The van der Waals surface area contributed by atoms with Gasteiger partial charge >= 0.3 is 6.17 Å². The lowest BCUT2D eigenvalue weighted by atomic mass is 9.80. The van der Waals surface area contributed by atoms with Crippen molar-refractivity contribution < 1.29 is 14.4 Å². The number of para-hydroxylation sites is 1. The zero-order valence-corrected chi connectivity index (χ0v) is 19.3. The molecule has 33 heavy (non-hydrogen) atoms. The number of imidazole rings is 1. The van der Waals surface area contributed by atoms with Crippen molar-refractivity contribution in [2.45, 2.75) is 44.3 Å². The smallest absolute Gasteiger partial charge is 0.302 e. The largest absolute Gasteiger partial charge is 0.340 e. The molecule has 1 saturated heterocycles. The Morgan fingerprint density at radius 3 is 2.73 bits per heavy atom. The van der Waals surface area contributed by atoms with Gasteiger partial charge < -0.3 is 14.8 Å². The van der Waals surface area contributed by atoms with Crippen LogP contribution in [0.3, 0.4) is 0 Å². The van der Waals surface area contributed by atoms with Crippen LogP contribution in [0.4, 0.5) is 5.69 Å². The van der Waals surface area contributed by atoms with E-state index in [9.17, 15) is 14.4 Å². The minimum atomic E-state index is -0.951. The maximum atomic E-state index is 13.8. The molecule has 1 spiro atoms. The Morgan fingerprint density at radius 1 is 1.36 bits per heavy atom. The van der Waals surface area contributed by atoms with Gasteiger partial charge in [-0.15, -0.1) is 0 Å². The monoisotopic (exact) mass is 448 g/mol. The Morgan fingerprint density at radius 2 is 2.09 bits per heavy atom. The molecule has 9 nitrogen and oxygen atoms in total. The minimum absolute atomic E-state index is 0.113. The molecule has 2 aromatic rings. The molecular formula is C24H28N6O3. The van der Waals surface area contributed by atoms with E-state index in [2.05, 4.69) is 15.1 Å². The van der Waals surface area contributed by atoms with Crippen LogP contribution in [0.5, 0.6) is 0 Å². The molecule has 3 atom stereocenters. The van der Waals surface area contributed by atoms with E-state index in [4.69, 9.17) is 6.57 Å². The van der Waals surface area contributed by atoms with E-state index in [1.165, 1.54) is 16.1 Å². The van der Waals surface area contributed by atoms with Gasteiger partial charge in [-0.1, -0.05) is 32.0 Å². The summed E-state index contributed by atoms with van der Waals surface area (Å²) in [5.41, 5.74) is 0.845. The Bertz CT molecular complexity index is 1150. The van der Waals surface area contributed by atoms with Crippen molar-refractivity contribution >= 4 is 23.4 Å². The first-order valence-electron chi connectivity index (χ1n) is 11.0. The highest BCUT2D eigenvalue weighted by atomic mass is 16.2. The van der Waals surface area contributed by atoms with Crippen LogP contribution in [0.2, 0.25) is 0 Å². The highest BCUT2D eigenvalue weighted by Crippen LogP contribution is 2.46. The summed E-state index contributed by atoms with van der Waals surface area (Å²) in [6.07, 6.45) is 3.04. The van der Waals surface area contributed by atoms with E-state index in [1.54, 1.807) is 24.9 Å². The maximum Gasteiger partial charge on any atom is 0.302 e. The number of nitrogens with zero attached hydrogens (tertiary/aromatic N) is 5. The average molecular weight is 449 g/mol. The van der Waals surface area contributed by atoms with Crippen molar-refractivity contribution in [1.82, 2.24) is 19.4 Å². The lowest BCUT2D eigenvalue weighted by molar-refractivity contribution is -0.136. The second kappa shape index (κ2) is 8.35. The van der Waals surface area contributed by atoms with Crippen molar-refractivity contribution in [2.24, 2.45) is 13.0 Å². The summed E-state index contributed by atoms with van der Waals surface area (Å²) >= 11 is 0. The molecule has 4 rings (SSSR count). The lowest BCUT2D eigenvalue weighted by Crippen LogP contribution is -2.51. The third-order valence-electron chi connectivity index (χ3n) is 6.58. The molecule has 9 heteroatoms. The predicted octanol–water partition coefficient (Wildman–Crippen LogP) is 2.27. The number of hydrogen-bond acceptors (Lipinski definition) is 4. The number of carbonyl (C=O) groups is 3. The number of amides is 3. The fourth-order valence-corrected chi connectivity index (χ4v) is 4.86. The quantitative estimate of drug-likeness (QED) is 0.711. The van der Waals surface area contributed by atoms with E-state index in [1.807, 2.05) is 38.1 Å². The molecule has 0 bridgehead atoms. The van der Waals surface area contributed by atoms with Gasteiger partial charge in [0.25, 0.3) is 11.8 Å². The molecule has 3 heterocycles. The number of likely N-dealkylation sites (N-methyl/N-ethyl adjacent to an activating group) is 1. The molecule has 1 aromatic carbocycles. The van der Waals surface area contributed by atoms with E-state index < -0.39 is 17.6 Å². The average Bonchev–Trinajstić information content (AvgIpc) is 3.47. The van der Waals surface area contributed by atoms with Gasteiger partial charge in [0, 0.05) is 32.5 Å². The summed E-state index contributed by atoms with van der Waals surface area (Å²) in [5, 5.41) is 2.91. The SMILES string of the molecule is [C-]#[N+][C@@H]1C[C@@]2(CN1C(=O)[C@H](CC(C)C)N(C)C(=O)c1cn(C)cn1)C(=O)Nc1ccccc12. The zero-order chi connectivity index (χ0) is 23.9. The number of likely N-dealkylation sites (tertiary alicyclic amines) is 1. The number of hydrogen-bond donors (Lipinski definition) is 1. The van der Waals surface area contributed by atoms with Crippen LogP contribution < -0.4 is 5.32 Å². The Labute approximate surface area is 193 Å². The summed E-state index contributed by atoms with van der Waals surface area (Å²) in [6.45, 7) is 11.8. The number of anilines is 1. The number of carbonyl (C=O) groups excluding carboxylic acids is 3. The number of nitrogens with one attached hydrogen (secondary N) is 1. The number of benzene rings is 1. The molecule has 0 radical (unpaired) electrons. The molecule has 1 fully saturated rings. The minimum Gasteiger partial charge on any atom is -0.340 e. The summed E-state index contributed by atoms with van der Waals surface area (Å²) in [6, 6.07) is 6.65. The zero-order valence-electron chi connectivity index (χ0n) is 19.3. The van der Waals surface area contributed by atoms with Gasteiger partial charge in [-0.25, -0.2) is 11.6 Å². The van der Waals surface area contributed by atoms with Crippen molar-refractivity contribution in [3.8, 4) is 0 Å². The summed E-state index contributed by atoms with van der Waals surface area (Å²) in [4.78, 5) is 50.7. The third-order valence-corrected chi connectivity index (χ3v) is 6.58. The molecule has 0 aliphatic carbocycles. The molecule has 172 valence electrons. The molecule has 2 aliphatic rings.